The van der Waals surface area contributed by atoms with Crippen molar-refractivity contribution >= 4 is 17.3 Å². The van der Waals surface area contributed by atoms with Crippen molar-refractivity contribution in [2.24, 2.45) is 5.73 Å². The van der Waals surface area contributed by atoms with Crippen LogP contribution in [0.1, 0.15) is 9.88 Å². The molecule has 94 valence electrons. The highest BCUT2D eigenvalue weighted by atomic mass is 32.1. The molecule has 0 aliphatic carbocycles. The normalized spacial score (nSPS) is 12.3. The van der Waals surface area contributed by atoms with Crippen molar-refractivity contribution in [3.8, 4) is 11.3 Å². The number of nitrogens with zero attached hydrogens (tertiary/aromatic N) is 2. The molecule has 6 heteroatoms. The van der Waals surface area contributed by atoms with Gasteiger partial charge in [0.2, 0.25) is 0 Å². The zero-order chi connectivity index (χ0) is 13.1. The van der Waals surface area contributed by atoms with E-state index in [1.54, 1.807) is 12.4 Å². The number of hydrogen-bond donors (Lipinski definition) is 2. The number of hydrogen-bond acceptors (Lipinski definition) is 5. The van der Waals surface area contributed by atoms with Gasteiger partial charge >= 0.3 is 5.97 Å². The Morgan fingerprint density at radius 1 is 1.50 bits per heavy atom. The number of aliphatic carboxylic acids is 1. The fraction of sp³-hybridized carbons (Fsp3) is 0.250. The predicted molar refractivity (Wildman–Crippen MR) is 69.4 cm³/mol. The highest BCUT2D eigenvalue weighted by Crippen LogP contribution is 2.27. The van der Waals surface area contributed by atoms with Crippen LogP contribution in [-0.4, -0.2) is 27.1 Å². The lowest BCUT2D eigenvalue weighted by atomic mass is 10.2. The van der Waals surface area contributed by atoms with Gasteiger partial charge in [0.15, 0.2) is 0 Å². The van der Waals surface area contributed by atoms with Gasteiger partial charge in [-0.2, -0.15) is 0 Å². The summed E-state index contributed by atoms with van der Waals surface area (Å²) in [4.78, 5) is 20.2. The summed E-state index contributed by atoms with van der Waals surface area (Å²) in [6.07, 6.45) is 3.67. The molecule has 2 rings (SSSR count). The van der Waals surface area contributed by atoms with Crippen molar-refractivity contribution in [1.82, 2.24) is 9.97 Å². The van der Waals surface area contributed by atoms with Gasteiger partial charge in [-0.05, 0) is 19.1 Å². The fourth-order valence-corrected chi connectivity index (χ4v) is 2.61. The lowest BCUT2D eigenvalue weighted by Crippen LogP contribution is -2.32. The monoisotopic (exact) mass is 263 g/mol. The van der Waals surface area contributed by atoms with Gasteiger partial charge < -0.3 is 10.8 Å². The molecule has 0 aliphatic heterocycles. The van der Waals surface area contributed by atoms with Crippen molar-refractivity contribution in [2.75, 3.05) is 0 Å². The standard InChI is InChI=1S/C12H13N3O2S/c1-7-11(8-2-4-14-5-3-8)15-10(18-7)6-9(13)12(16)17/h2-5,9H,6,13H2,1H3,(H,16,17). The predicted octanol–water partition coefficient (Wildman–Crippen LogP) is 1.47. The van der Waals surface area contributed by atoms with Crippen molar-refractivity contribution < 1.29 is 9.90 Å². The third-order valence-electron chi connectivity index (χ3n) is 2.51. The zero-order valence-corrected chi connectivity index (χ0v) is 10.6. The van der Waals surface area contributed by atoms with Crippen LogP contribution in [0.2, 0.25) is 0 Å². The van der Waals surface area contributed by atoms with E-state index in [0.717, 1.165) is 21.1 Å². The Labute approximate surface area is 108 Å². The second kappa shape index (κ2) is 5.24. The number of rotatable bonds is 4. The lowest BCUT2D eigenvalue weighted by Gasteiger charge is -2.01. The molecule has 0 spiro atoms. The van der Waals surface area contributed by atoms with Gasteiger partial charge in [0.25, 0.3) is 0 Å². The molecule has 0 aliphatic rings. The second-order valence-electron chi connectivity index (χ2n) is 3.90. The molecule has 1 atom stereocenters. The van der Waals surface area contributed by atoms with E-state index in [1.165, 1.54) is 11.3 Å². The van der Waals surface area contributed by atoms with Crippen LogP contribution in [0.25, 0.3) is 11.3 Å². The van der Waals surface area contributed by atoms with Crippen LogP contribution in [0.15, 0.2) is 24.5 Å². The first-order valence-electron chi connectivity index (χ1n) is 5.43. The summed E-state index contributed by atoms with van der Waals surface area (Å²) in [6.45, 7) is 1.96. The number of carbonyl (C=O) groups is 1. The van der Waals surface area contributed by atoms with E-state index < -0.39 is 12.0 Å². The molecule has 1 unspecified atom stereocenters. The van der Waals surface area contributed by atoms with Gasteiger partial charge in [0.05, 0.1) is 10.7 Å². The number of aryl methyl sites for hydroxylation is 1. The number of carboxylic acids is 1. The molecule has 2 aromatic heterocycles. The van der Waals surface area contributed by atoms with E-state index in [4.69, 9.17) is 10.8 Å². The second-order valence-corrected chi connectivity index (χ2v) is 5.18. The molecule has 0 saturated heterocycles. The van der Waals surface area contributed by atoms with Crippen LogP contribution in [-0.2, 0) is 11.2 Å². The number of thiazole rings is 1. The van der Waals surface area contributed by atoms with Crippen LogP contribution < -0.4 is 5.73 Å². The molecule has 0 fully saturated rings. The summed E-state index contributed by atoms with van der Waals surface area (Å²) in [5.41, 5.74) is 7.35. The van der Waals surface area contributed by atoms with E-state index in [-0.39, 0.29) is 6.42 Å². The average molecular weight is 263 g/mol. The molecule has 0 bridgehead atoms. The van der Waals surface area contributed by atoms with Gasteiger partial charge in [-0.1, -0.05) is 0 Å². The third kappa shape index (κ3) is 2.72. The Bertz CT molecular complexity index is 554. The Morgan fingerprint density at radius 3 is 2.78 bits per heavy atom. The number of pyridine rings is 1. The first-order valence-corrected chi connectivity index (χ1v) is 6.24. The molecule has 2 aromatic rings. The SMILES string of the molecule is Cc1sc(CC(N)C(=O)O)nc1-c1ccncc1. The minimum Gasteiger partial charge on any atom is -0.480 e. The highest BCUT2D eigenvalue weighted by Gasteiger charge is 2.16. The minimum atomic E-state index is -1.01. The molecule has 0 amide bonds. The topological polar surface area (TPSA) is 89.1 Å². The van der Waals surface area contributed by atoms with E-state index in [2.05, 4.69) is 9.97 Å². The van der Waals surface area contributed by atoms with E-state index in [9.17, 15) is 4.79 Å². The van der Waals surface area contributed by atoms with Gasteiger partial charge in [0, 0.05) is 29.3 Å². The molecule has 0 radical (unpaired) electrons. The smallest absolute Gasteiger partial charge is 0.320 e. The molecule has 5 nitrogen and oxygen atoms in total. The van der Waals surface area contributed by atoms with E-state index in [0.29, 0.717) is 0 Å². The first-order chi connectivity index (χ1) is 8.58. The highest BCUT2D eigenvalue weighted by molar-refractivity contribution is 7.12. The maximum Gasteiger partial charge on any atom is 0.320 e. The van der Waals surface area contributed by atoms with Crippen molar-refractivity contribution in [3.63, 3.8) is 0 Å². The molecular weight excluding hydrogens is 250 g/mol. The van der Waals surface area contributed by atoms with Crippen LogP contribution in [0, 0.1) is 6.92 Å². The van der Waals surface area contributed by atoms with E-state index >= 15 is 0 Å². The molecule has 2 heterocycles. The fourth-order valence-electron chi connectivity index (χ4n) is 1.59. The number of nitrogens with two attached hydrogens (primary N) is 1. The minimum absolute atomic E-state index is 0.256. The Hall–Kier alpha value is -1.79. The van der Waals surface area contributed by atoms with Crippen LogP contribution in [0.3, 0.4) is 0 Å². The third-order valence-corrected chi connectivity index (χ3v) is 3.50. The number of carboxylic acid groups (broad SMARTS) is 1. The maximum atomic E-state index is 10.7. The Morgan fingerprint density at radius 2 is 2.17 bits per heavy atom. The average Bonchev–Trinajstić information content (AvgIpc) is 2.71. The summed E-state index contributed by atoms with van der Waals surface area (Å²) in [5, 5.41) is 9.52. The van der Waals surface area contributed by atoms with Gasteiger partial charge in [0.1, 0.15) is 6.04 Å². The summed E-state index contributed by atoms with van der Waals surface area (Å²) >= 11 is 1.48. The Balaban J connectivity index is 2.25. The van der Waals surface area contributed by atoms with Crippen molar-refractivity contribution in [1.29, 1.82) is 0 Å². The molecule has 0 saturated carbocycles. The van der Waals surface area contributed by atoms with Gasteiger partial charge in [-0.25, -0.2) is 4.98 Å². The summed E-state index contributed by atoms with van der Waals surface area (Å²) in [6, 6.07) is 2.85. The Kier molecular flexibility index (Phi) is 3.69. The van der Waals surface area contributed by atoms with Crippen LogP contribution in [0.4, 0.5) is 0 Å². The largest absolute Gasteiger partial charge is 0.480 e. The van der Waals surface area contributed by atoms with Crippen LogP contribution >= 0.6 is 11.3 Å². The summed E-state index contributed by atoms with van der Waals surface area (Å²) < 4.78 is 0. The summed E-state index contributed by atoms with van der Waals surface area (Å²) in [5.74, 6) is -1.01. The maximum absolute atomic E-state index is 10.7. The lowest BCUT2D eigenvalue weighted by molar-refractivity contribution is -0.138. The van der Waals surface area contributed by atoms with Gasteiger partial charge in [-0.3, -0.25) is 9.78 Å². The molecule has 0 aromatic carbocycles. The zero-order valence-electron chi connectivity index (χ0n) is 9.83. The van der Waals surface area contributed by atoms with Gasteiger partial charge in [-0.15, -0.1) is 11.3 Å². The van der Waals surface area contributed by atoms with Crippen LogP contribution in [0.5, 0.6) is 0 Å². The molecule has 3 N–H and O–H groups in total. The van der Waals surface area contributed by atoms with Crippen molar-refractivity contribution in [3.05, 3.63) is 34.4 Å². The first kappa shape index (κ1) is 12.7. The quantitative estimate of drug-likeness (QED) is 0.871. The van der Waals surface area contributed by atoms with E-state index in [1.807, 2.05) is 19.1 Å². The molecular formula is C12H13N3O2S. The summed E-state index contributed by atoms with van der Waals surface area (Å²) in [7, 11) is 0. The molecule has 18 heavy (non-hydrogen) atoms. The van der Waals surface area contributed by atoms with Crippen molar-refractivity contribution in [2.45, 2.75) is 19.4 Å². The number of aromatic nitrogens is 2.